The van der Waals surface area contributed by atoms with Crippen molar-refractivity contribution in [2.75, 3.05) is 0 Å². The fourth-order valence-electron chi connectivity index (χ4n) is 2.20. The summed E-state index contributed by atoms with van der Waals surface area (Å²) in [5.41, 5.74) is 1.90. The Balaban J connectivity index is 2.44. The van der Waals surface area contributed by atoms with E-state index in [1.54, 1.807) is 6.20 Å². The van der Waals surface area contributed by atoms with Crippen LogP contribution in [-0.4, -0.2) is 23.3 Å². The van der Waals surface area contributed by atoms with Crippen molar-refractivity contribution in [3.8, 4) is 6.07 Å². The Morgan fingerprint density at radius 3 is 2.30 bits per heavy atom. The second kappa shape index (κ2) is 4.87. The fraction of sp³-hybridized carbons (Fsp3) is 0.600. The van der Waals surface area contributed by atoms with Crippen molar-refractivity contribution in [3.63, 3.8) is 0 Å². The molecule has 1 saturated heterocycles. The van der Waals surface area contributed by atoms with E-state index in [0.717, 1.165) is 16.7 Å². The molecule has 0 bridgehead atoms. The zero-order valence-electron chi connectivity index (χ0n) is 13.0. The van der Waals surface area contributed by atoms with Crippen LogP contribution < -0.4 is 5.46 Å². The van der Waals surface area contributed by atoms with Crippen LogP contribution in [0.5, 0.6) is 0 Å². The summed E-state index contributed by atoms with van der Waals surface area (Å²) in [5.74, 6) is -0.239. The van der Waals surface area contributed by atoms with Crippen LogP contribution in [0.15, 0.2) is 12.3 Å². The Morgan fingerprint density at radius 1 is 1.25 bits per heavy atom. The number of aryl methyl sites for hydroxylation is 1. The lowest BCUT2D eigenvalue weighted by molar-refractivity contribution is 0.00578. The number of hydrogen-bond donors (Lipinski definition) is 0. The van der Waals surface area contributed by atoms with Crippen molar-refractivity contribution in [1.82, 2.24) is 4.98 Å². The average molecular weight is 272 g/mol. The molecule has 2 heterocycles. The summed E-state index contributed by atoms with van der Waals surface area (Å²) in [6.07, 6.45) is 1.75. The molecule has 1 aromatic heterocycles. The molecule has 1 aliphatic heterocycles. The highest BCUT2D eigenvalue weighted by Gasteiger charge is 2.52. The van der Waals surface area contributed by atoms with Crippen LogP contribution in [-0.2, 0) is 9.31 Å². The Morgan fingerprint density at radius 2 is 1.80 bits per heavy atom. The van der Waals surface area contributed by atoms with Gasteiger partial charge in [-0.1, -0.05) is 0 Å². The summed E-state index contributed by atoms with van der Waals surface area (Å²) < 4.78 is 12.2. The minimum absolute atomic E-state index is 0.239. The Kier molecular flexibility index (Phi) is 3.66. The molecular weight excluding hydrogens is 251 g/mol. The zero-order valence-corrected chi connectivity index (χ0v) is 13.0. The summed E-state index contributed by atoms with van der Waals surface area (Å²) in [6.45, 7) is 11.9. The molecule has 4 nitrogen and oxygen atoms in total. The summed E-state index contributed by atoms with van der Waals surface area (Å²) in [7, 11) is -0.451. The highest BCUT2D eigenvalue weighted by atomic mass is 16.7. The van der Waals surface area contributed by atoms with E-state index in [0.29, 0.717) is 0 Å². The molecule has 5 heteroatoms. The lowest BCUT2D eigenvalue weighted by Crippen LogP contribution is -2.41. The number of nitriles is 1. The fourth-order valence-corrected chi connectivity index (χ4v) is 2.20. The van der Waals surface area contributed by atoms with Gasteiger partial charge in [-0.05, 0) is 58.6 Å². The molecule has 0 N–H and O–H groups in total. The van der Waals surface area contributed by atoms with Gasteiger partial charge in [0.15, 0.2) is 0 Å². The minimum Gasteiger partial charge on any atom is -0.399 e. The van der Waals surface area contributed by atoms with Crippen molar-refractivity contribution in [3.05, 3.63) is 23.5 Å². The third-order valence-corrected chi connectivity index (χ3v) is 4.27. The lowest BCUT2D eigenvalue weighted by Gasteiger charge is -2.32. The van der Waals surface area contributed by atoms with E-state index < -0.39 is 7.12 Å². The van der Waals surface area contributed by atoms with Gasteiger partial charge in [0.1, 0.15) is 0 Å². The van der Waals surface area contributed by atoms with Crippen LogP contribution in [0, 0.1) is 18.3 Å². The van der Waals surface area contributed by atoms with Crippen molar-refractivity contribution in [2.45, 2.75) is 58.7 Å². The molecule has 2 rings (SSSR count). The maximum Gasteiger partial charge on any atom is 0.495 e. The molecule has 0 amide bonds. The van der Waals surface area contributed by atoms with Crippen molar-refractivity contribution in [1.29, 1.82) is 5.26 Å². The minimum atomic E-state index is -0.451. The maximum absolute atomic E-state index is 9.17. The lowest BCUT2D eigenvalue weighted by atomic mass is 9.74. The molecule has 0 spiro atoms. The van der Waals surface area contributed by atoms with E-state index in [2.05, 4.69) is 11.1 Å². The van der Waals surface area contributed by atoms with E-state index in [1.807, 2.05) is 47.6 Å². The molecule has 20 heavy (non-hydrogen) atoms. The standard InChI is InChI=1S/C15H21BN2O2/c1-10(8-17)12-9-18-11(2)7-13(12)16-19-14(3,4)15(5,6)20-16/h7,9-10H,1-6H3. The highest BCUT2D eigenvalue weighted by molar-refractivity contribution is 6.62. The average Bonchev–Trinajstić information content (AvgIpc) is 2.57. The first kappa shape index (κ1) is 15.0. The highest BCUT2D eigenvalue weighted by Crippen LogP contribution is 2.37. The van der Waals surface area contributed by atoms with Gasteiger partial charge in [-0.15, -0.1) is 0 Å². The van der Waals surface area contributed by atoms with Gasteiger partial charge in [-0.25, -0.2) is 0 Å². The molecule has 0 saturated carbocycles. The predicted molar refractivity (Wildman–Crippen MR) is 78.7 cm³/mol. The molecule has 0 aromatic carbocycles. The van der Waals surface area contributed by atoms with E-state index in [4.69, 9.17) is 9.31 Å². The van der Waals surface area contributed by atoms with Gasteiger partial charge in [0.25, 0.3) is 0 Å². The first-order valence-corrected chi connectivity index (χ1v) is 6.89. The topological polar surface area (TPSA) is 55.1 Å². The van der Waals surface area contributed by atoms with Crippen molar-refractivity contribution >= 4 is 12.6 Å². The SMILES string of the molecule is Cc1cc(B2OC(C)(C)C(C)(C)O2)c(C(C)C#N)cn1. The van der Waals surface area contributed by atoms with Gasteiger partial charge < -0.3 is 9.31 Å². The van der Waals surface area contributed by atoms with Crippen LogP contribution in [0.4, 0.5) is 0 Å². The first-order valence-electron chi connectivity index (χ1n) is 6.89. The van der Waals surface area contributed by atoms with E-state index in [-0.39, 0.29) is 17.1 Å². The second-order valence-corrected chi connectivity index (χ2v) is 6.39. The summed E-state index contributed by atoms with van der Waals surface area (Å²) >= 11 is 0. The smallest absolute Gasteiger partial charge is 0.399 e. The van der Waals surface area contributed by atoms with E-state index >= 15 is 0 Å². The molecule has 1 aliphatic rings. The largest absolute Gasteiger partial charge is 0.495 e. The van der Waals surface area contributed by atoms with Gasteiger partial charge in [-0.2, -0.15) is 5.26 Å². The van der Waals surface area contributed by atoms with Crippen LogP contribution in [0.3, 0.4) is 0 Å². The molecule has 0 aliphatic carbocycles. The van der Waals surface area contributed by atoms with Gasteiger partial charge >= 0.3 is 7.12 Å². The maximum atomic E-state index is 9.17. The number of rotatable bonds is 2. The predicted octanol–water partition coefficient (Wildman–Crippen LogP) is 2.32. The first-order chi connectivity index (χ1) is 9.18. The number of hydrogen-bond acceptors (Lipinski definition) is 4. The third kappa shape index (κ3) is 2.46. The van der Waals surface area contributed by atoms with Gasteiger partial charge in [-0.3, -0.25) is 4.98 Å². The molecule has 1 aromatic rings. The van der Waals surface area contributed by atoms with Gasteiger partial charge in [0.2, 0.25) is 0 Å². The van der Waals surface area contributed by atoms with Crippen LogP contribution in [0.2, 0.25) is 0 Å². The molecule has 106 valence electrons. The van der Waals surface area contributed by atoms with Crippen LogP contribution >= 0.6 is 0 Å². The summed E-state index contributed by atoms with van der Waals surface area (Å²) in [4.78, 5) is 4.29. The van der Waals surface area contributed by atoms with Gasteiger partial charge in [0.05, 0.1) is 23.2 Å². The van der Waals surface area contributed by atoms with Crippen LogP contribution in [0.1, 0.15) is 51.8 Å². The Hall–Kier alpha value is -1.38. The molecule has 1 atom stereocenters. The quantitative estimate of drug-likeness (QED) is 0.775. The monoisotopic (exact) mass is 272 g/mol. The normalized spacial score (nSPS) is 21.6. The van der Waals surface area contributed by atoms with Crippen LogP contribution in [0.25, 0.3) is 0 Å². The molecule has 1 fully saturated rings. The zero-order chi connectivity index (χ0) is 15.1. The van der Waals surface area contributed by atoms with Crippen molar-refractivity contribution < 1.29 is 9.31 Å². The molecular formula is C15H21BN2O2. The molecule has 1 unspecified atom stereocenters. The molecule has 0 radical (unpaired) electrons. The Bertz CT molecular complexity index is 547. The summed E-state index contributed by atoms with van der Waals surface area (Å²) in [5, 5.41) is 9.17. The van der Waals surface area contributed by atoms with E-state index in [9.17, 15) is 5.26 Å². The number of nitrogens with zero attached hydrogens (tertiary/aromatic N) is 2. The third-order valence-electron chi connectivity index (χ3n) is 4.27. The Labute approximate surface area is 121 Å². The second-order valence-electron chi connectivity index (χ2n) is 6.39. The van der Waals surface area contributed by atoms with E-state index in [1.165, 1.54) is 0 Å². The van der Waals surface area contributed by atoms with Gasteiger partial charge in [0, 0.05) is 11.9 Å². The van der Waals surface area contributed by atoms with Crippen molar-refractivity contribution in [2.24, 2.45) is 0 Å². The number of pyridine rings is 1. The number of aromatic nitrogens is 1. The summed E-state index contributed by atoms with van der Waals surface area (Å²) in [6, 6.07) is 4.20.